The largest absolute Gasteiger partial charge is 0.0654 e. The van der Waals surface area contributed by atoms with Gasteiger partial charge in [0.25, 0.3) is 0 Å². The predicted molar refractivity (Wildman–Crippen MR) is 48.1 cm³/mol. The fraction of sp³-hybridized carbons (Fsp3) is 1.00. The average molecular weight is 142 g/mol. The lowest BCUT2D eigenvalue weighted by molar-refractivity contribution is 0.339. The van der Waals surface area contributed by atoms with Gasteiger partial charge in [-0.05, 0) is 11.8 Å². The molecule has 0 aromatic heterocycles. The van der Waals surface area contributed by atoms with E-state index in [4.69, 9.17) is 0 Å². The van der Waals surface area contributed by atoms with E-state index in [1.807, 2.05) is 0 Å². The highest BCUT2D eigenvalue weighted by atomic mass is 14.1. The number of hydrogen-bond acceptors (Lipinski definition) is 0. The Balaban J connectivity index is 3.38. The third-order valence-corrected chi connectivity index (χ3v) is 2.46. The zero-order valence-corrected chi connectivity index (χ0v) is 7.98. The number of rotatable bonds is 5. The molecule has 0 heteroatoms. The average Bonchev–Trinajstić information content (AvgIpc) is 1.89. The van der Waals surface area contributed by atoms with E-state index in [0.29, 0.717) is 0 Å². The maximum absolute atomic E-state index is 2.38. The van der Waals surface area contributed by atoms with Gasteiger partial charge >= 0.3 is 0 Å². The fourth-order valence-corrected chi connectivity index (χ4v) is 1.48. The van der Waals surface area contributed by atoms with Gasteiger partial charge in [0.05, 0.1) is 0 Å². The summed E-state index contributed by atoms with van der Waals surface area (Å²) in [4.78, 5) is 0. The van der Waals surface area contributed by atoms with E-state index in [2.05, 4.69) is 27.7 Å². The van der Waals surface area contributed by atoms with Crippen LogP contribution < -0.4 is 0 Å². The first-order valence-electron chi connectivity index (χ1n) is 4.72. The van der Waals surface area contributed by atoms with Crippen LogP contribution in [-0.2, 0) is 0 Å². The van der Waals surface area contributed by atoms with Crippen molar-refractivity contribution in [2.45, 2.75) is 53.4 Å². The second kappa shape index (κ2) is 5.76. The van der Waals surface area contributed by atoms with Crippen LogP contribution >= 0.6 is 0 Å². The molecular weight excluding hydrogens is 120 g/mol. The highest BCUT2D eigenvalue weighted by Gasteiger charge is 2.08. The Bertz CT molecular complexity index is 56.4. The van der Waals surface area contributed by atoms with Crippen LogP contribution in [0.15, 0.2) is 0 Å². The van der Waals surface area contributed by atoms with Gasteiger partial charge in [-0.3, -0.25) is 0 Å². The summed E-state index contributed by atoms with van der Waals surface area (Å²) in [5.74, 6) is 1.87. The molecule has 0 radical (unpaired) electrons. The van der Waals surface area contributed by atoms with Crippen molar-refractivity contribution in [2.24, 2.45) is 11.8 Å². The maximum Gasteiger partial charge on any atom is -0.0417 e. The SMILES string of the molecule is CCC[C@@H](C)[C@@H](C)CCC. The summed E-state index contributed by atoms with van der Waals surface area (Å²) < 4.78 is 0. The van der Waals surface area contributed by atoms with Gasteiger partial charge in [0.1, 0.15) is 0 Å². The van der Waals surface area contributed by atoms with Gasteiger partial charge in [-0.25, -0.2) is 0 Å². The second-order valence-electron chi connectivity index (χ2n) is 3.53. The summed E-state index contributed by atoms with van der Waals surface area (Å²) in [7, 11) is 0. The second-order valence-corrected chi connectivity index (χ2v) is 3.53. The van der Waals surface area contributed by atoms with Crippen molar-refractivity contribution in [1.82, 2.24) is 0 Å². The van der Waals surface area contributed by atoms with Crippen LogP contribution in [0, 0.1) is 11.8 Å². The molecule has 2 atom stereocenters. The standard InChI is InChI=1S/C10H22/c1-5-7-9(3)10(4)8-6-2/h9-10H,5-8H2,1-4H3/t9-,10+. The Labute approximate surface area is 66.0 Å². The van der Waals surface area contributed by atoms with E-state index in [0.717, 1.165) is 11.8 Å². The van der Waals surface area contributed by atoms with Crippen LogP contribution in [-0.4, -0.2) is 0 Å². The molecule has 0 aliphatic rings. The van der Waals surface area contributed by atoms with E-state index in [-0.39, 0.29) is 0 Å². The molecule has 10 heavy (non-hydrogen) atoms. The first kappa shape index (κ1) is 10.0. The molecule has 0 aliphatic carbocycles. The zero-order chi connectivity index (χ0) is 7.98. The van der Waals surface area contributed by atoms with E-state index in [9.17, 15) is 0 Å². The minimum atomic E-state index is 0.935. The molecule has 0 unspecified atom stereocenters. The Kier molecular flexibility index (Phi) is 5.76. The highest BCUT2D eigenvalue weighted by molar-refractivity contribution is 4.60. The highest BCUT2D eigenvalue weighted by Crippen LogP contribution is 2.20. The smallest absolute Gasteiger partial charge is 0.0417 e. The summed E-state index contributed by atoms with van der Waals surface area (Å²) in [5, 5.41) is 0. The van der Waals surface area contributed by atoms with Crippen molar-refractivity contribution in [2.75, 3.05) is 0 Å². The summed E-state index contributed by atoms with van der Waals surface area (Å²) in [6, 6.07) is 0. The van der Waals surface area contributed by atoms with E-state index in [1.165, 1.54) is 25.7 Å². The molecule has 0 saturated heterocycles. The van der Waals surface area contributed by atoms with Crippen LogP contribution in [0.2, 0.25) is 0 Å². The summed E-state index contributed by atoms with van der Waals surface area (Å²) >= 11 is 0. The first-order chi connectivity index (χ1) is 4.72. The van der Waals surface area contributed by atoms with E-state index < -0.39 is 0 Å². The molecule has 0 spiro atoms. The minimum Gasteiger partial charge on any atom is -0.0654 e. The molecule has 0 N–H and O–H groups in total. The van der Waals surface area contributed by atoms with Crippen LogP contribution in [0.4, 0.5) is 0 Å². The van der Waals surface area contributed by atoms with Crippen molar-refractivity contribution in [3.05, 3.63) is 0 Å². The van der Waals surface area contributed by atoms with E-state index >= 15 is 0 Å². The van der Waals surface area contributed by atoms with Crippen molar-refractivity contribution in [3.63, 3.8) is 0 Å². The summed E-state index contributed by atoms with van der Waals surface area (Å²) in [6.07, 6.45) is 5.49. The number of hydrogen-bond donors (Lipinski definition) is 0. The Morgan fingerprint density at radius 2 is 1.10 bits per heavy atom. The van der Waals surface area contributed by atoms with Crippen LogP contribution in [0.3, 0.4) is 0 Å². The molecule has 0 amide bonds. The van der Waals surface area contributed by atoms with Crippen LogP contribution in [0.25, 0.3) is 0 Å². The molecule has 0 aliphatic heterocycles. The molecule has 0 nitrogen and oxygen atoms in total. The summed E-state index contributed by atoms with van der Waals surface area (Å²) in [6.45, 7) is 9.30. The van der Waals surface area contributed by atoms with Crippen molar-refractivity contribution in [1.29, 1.82) is 0 Å². The molecule has 0 heterocycles. The van der Waals surface area contributed by atoms with Crippen molar-refractivity contribution < 1.29 is 0 Å². The molecule has 0 saturated carbocycles. The third-order valence-electron chi connectivity index (χ3n) is 2.46. The molecular formula is C10H22. The fourth-order valence-electron chi connectivity index (χ4n) is 1.48. The third kappa shape index (κ3) is 3.92. The van der Waals surface area contributed by atoms with Gasteiger partial charge in [-0.15, -0.1) is 0 Å². The molecule has 0 rings (SSSR count). The Morgan fingerprint density at radius 1 is 0.800 bits per heavy atom. The first-order valence-corrected chi connectivity index (χ1v) is 4.72. The lowest BCUT2D eigenvalue weighted by atomic mass is 9.89. The van der Waals surface area contributed by atoms with E-state index in [1.54, 1.807) is 0 Å². The van der Waals surface area contributed by atoms with Gasteiger partial charge in [-0.1, -0.05) is 53.4 Å². The van der Waals surface area contributed by atoms with Crippen molar-refractivity contribution in [3.8, 4) is 0 Å². The molecule has 0 fully saturated rings. The predicted octanol–water partition coefficient (Wildman–Crippen LogP) is 3.86. The van der Waals surface area contributed by atoms with Crippen LogP contribution in [0.5, 0.6) is 0 Å². The maximum atomic E-state index is 2.38. The molecule has 0 aromatic carbocycles. The zero-order valence-electron chi connectivity index (χ0n) is 7.98. The molecule has 0 aromatic rings. The quantitative estimate of drug-likeness (QED) is 0.547. The Morgan fingerprint density at radius 3 is 1.30 bits per heavy atom. The molecule has 0 bridgehead atoms. The van der Waals surface area contributed by atoms with Gasteiger partial charge in [0, 0.05) is 0 Å². The van der Waals surface area contributed by atoms with Gasteiger partial charge in [0.15, 0.2) is 0 Å². The Hall–Kier alpha value is 0. The lowest BCUT2D eigenvalue weighted by Gasteiger charge is -2.17. The summed E-state index contributed by atoms with van der Waals surface area (Å²) in [5.41, 5.74) is 0. The lowest BCUT2D eigenvalue weighted by Crippen LogP contribution is -2.06. The molecule has 62 valence electrons. The van der Waals surface area contributed by atoms with Crippen LogP contribution in [0.1, 0.15) is 53.4 Å². The minimum absolute atomic E-state index is 0.935. The topological polar surface area (TPSA) is 0 Å². The normalized spacial score (nSPS) is 16.8. The van der Waals surface area contributed by atoms with Gasteiger partial charge < -0.3 is 0 Å². The van der Waals surface area contributed by atoms with Gasteiger partial charge in [-0.2, -0.15) is 0 Å². The van der Waals surface area contributed by atoms with Crippen molar-refractivity contribution >= 4 is 0 Å². The monoisotopic (exact) mass is 142 g/mol. The van der Waals surface area contributed by atoms with Gasteiger partial charge in [0.2, 0.25) is 0 Å².